The largest absolute Gasteiger partial charge is 1.00 e. The van der Waals surface area contributed by atoms with E-state index in [0.717, 1.165) is 0 Å². The van der Waals surface area contributed by atoms with Crippen LogP contribution in [0.3, 0.4) is 0 Å². The predicted octanol–water partition coefficient (Wildman–Crippen LogP) is -1.28. The van der Waals surface area contributed by atoms with Gasteiger partial charge in [0.2, 0.25) is 0 Å². The summed E-state index contributed by atoms with van der Waals surface area (Å²) in [5.41, 5.74) is 0. The first-order chi connectivity index (χ1) is 5.21. The van der Waals surface area contributed by atoms with Crippen molar-refractivity contribution in [2.45, 2.75) is 25.4 Å². The fourth-order valence-electron chi connectivity index (χ4n) is 0.610. The molecule has 0 aromatic carbocycles. The molecule has 0 spiro atoms. The molecular formula is C5H10F3LiO3S. The Labute approximate surface area is 88.1 Å². The molecule has 0 bridgehead atoms. The van der Waals surface area contributed by atoms with Gasteiger partial charge >= 0.3 is 25.0 Å². The quantitative estimate of drug-likeness (QED) is 0.360. The summed E-state index contributed by atoms with van der Waals surface area (Å²) in [5, 5.41) is 0. The van der Waals surface area contributed by atoms with Gasteiger partial charge in [-0.1, -0.05) is 0 Å². The number of rotatable bonds is 4. The van der Waals surface area contributed by atoms with Crippen molar-refractivity contribution >= 4 is 10.1 Å². The van der Waals surface area contributed by atoms with Gasteiger partial charge in [0, 0.05) is 6.42 Å². The van der Waals surface area contributed by atoms with Crippen molar-refractivity contribution in [1.82, 2.24) is 0 Å². The monoisotopic (exact) mass is 214 g/mol. The molecule has 0 atom stereocenters. The van der Waals surface area contributed by atoms with Crippen molar-refractivity contribution in [3.05, 3.63) is 0 Å². The summed E-state index contributed by atoms with van der Waals surface area (Å²) >= 11 is 0. The molecule has 0 amide bonds. The Kier molecular flexibility index (Phi) is 7.16. The van der Waals surface area contributed by atoms with Gasteiger partial charge in [-0.05, 0) is 12.8 Å². The van der Waals surface area contributed by atoms with Crippen LogP contribution in [-0.4, -0.2) is 24.9 Å². The molecule has 0 aromatic rings. The van der Waals surface area contributed by atoms with Crippen molar-refractivity contribution in [2.75, 3.05) is 5.75 Å². The van der Waals surface area contributed by atoms with E-state index in [1.807, 2.05) is 0 Å². The normalized spacial score (nSPS) is 12.3. The molecule has 0 aromatic heterocycles. The first kappa shape index (κ1) is 15.8. The minimum Gasteiger partial charge on any atom is -1.00 e. The fraction of sp³-hybridized carbons (Fsp3) is 1.00. The van der Waals surface area contributed by atoms with Crippen LogP contribution in [0.25, 0.3) is 0 Å². The van der Waals surface area contributed by atoms with E-state index in [0.29, 0.717) is 0 Å². The topological polar surface area (TPSA) is 54.4 Å². The van der Waals surface area contributed by atoms with E-state index in [-0.39, 0.29) is 33.1 Å². The molecule has 0 heterocycles. The summed E-state index contributed by atoms with van der Waals surface area (Å²) < 4.78 is 62.6. The second-order valence-corrected chi connectivity index (χ2v) is 3.93. The molecule has 8 heteroatoms. The molecule has 0 unspecified atom stereocenters. The molecule has 76 valence electrons. The standard InChI is InChI=1S/C5H9F3O3S.Li.H/c6-5(7,8)3-1-2-4-12(9,10)11;;/h1-4H2,(H,9,10,11);;/q;+1;-1. The Hall–Kier alpha value is 0.297. The van der Waals surface area contributed by atoms with Gasteiger partial charge in [-0.2, -0.15) is 21.6 Å². The van der Waals surface area contributed by atoms with E-state index in [9.17, 15) is 21.6 Å². The maximum atomic E-state index is 11.5. The number of unbranched alkanes of at least 4 members (excludes halogenated alkanes) is 1. The van der Waals surface area contributed by atoms with Crippen molar-refractivity contribution in [2.24, 2.45) is 0 Å². The maximum absolute atomic E-state index is 11.5. The summed E-state index contributed by atoms with van der Waals surface area (Å²) in [6.45, 7) is 0. The van der Waals surface area contributed by atoms with Crippen molar-refractivity contribution in [3.63, 3.8) is 0 Å². The van der Waals surface area contributed by atoms with Gasteiger partial charge in [-0.3, -0.25) is 4.55 Å². The molecule has 1 N–H and O–H groups in total. The van der Waals surface area contributed by atoms with Crippen LogP contribution in [0.15, 0.2) is 0 Å². The molecule has 0 aliphatic carbocycles. The Morgan fingerprint density at radius 3 is 2.00 bits per heavy atom. The minimum atomic E-state index is -4.25. The molecule has 0 fully saturated rings. The van der Waals surface area contributed by atoms with Crippen molar-refractivity contribution in [3.8, 4) is 0 Å². The summed E-state index contributed by atoms with van der Waals surface area (Å²) in [7, 11) is -4.11. The van der Waals surface area contributed by atoms with Crippen molar-refractivity contribution < 1.29 is 46.4 Å². The fourth-order valence-corrected chi connectivity index (χ4v) is 1.18. The molecule has 0 aliphatic heterocycles. The molecule has 0 saturated heterocycles. The summed E-state index contributed by atoms with van der Waals surface area (Å²) in [6, 6.07) is 0. The number of alkyl halides is 3. The van der Waals surface area contributed by atoms with Crippen LogP contribution in [-0.2, 0) is 10.1 Å². The van der Waals surface area contributed by atoms with E-state index < -0.39 is 28.5 Å². The third-order valence-electron chi connectivity index (χ3n) is 1.11. The van der Waals surface area contributed by atoms with E-state index in [4.69, 9.17) is 4.55 Å². The molecule has 0 aliphatic rings. The average molecular weight is 214 g/mol. The zero-order valence-corrected chi connectivity index (χ0v) is 7.95. The van der Waals surface area contributed by atoms with Crippen LogP contribution in [0.1, 0.15) is 20.7 Å². The Bertz CT molecular complexity index is 229. The SMILES string of the molecule is O=S(=O)(O)CCCCC(F)(F)F.[H-].[Li+]. The number of hydrogen-bond donors (Lipinski definition) is 1. The van der Waals surface area contributed by atoms with Gasteiger partial charge in [-0.25, -0.2) is 0 Å². The third kappa shape index (κ3) is 15.1. The first-order valence-electron chi connectivity index (χ1n) is 3.23. The summed E-state index contributed by atoms with van der Waals surface area (Å²) in [5.74, 6) is -0.608. The second kappa shape index (κ2) is 5.91. The van der Waals surface area contributed by atoms with Gasteiger partial charge in [0.1, 0.15) is 0 Å². The van der Waals surface area contributed by atoms with Crippen LogP contribution in [0.4, 0.5) is 13.2 Å². The zero-order valence-electron chi connectivity index (χ0n) is 8.13. The van der Waals surface area contributed by atoms with Crippen LogP contribution < -0.4 is 18.9 Å². The Morgan fingerprint density at radius 2 is 1.69 bits per heavy atom. The van der Waals surface area contributed by atoms with Crippen LogP contribution >= 0.6 is 0 Å². The smallest absolute Gasteiger partial charge is 1.00 e. The molecule has 13 heavy (non-hydrogen) atoms. The molecule has 0 radical (unpaired) electrons. The van der Waals surface area contributed by atoms with Gasteiger partial charge in [0.15, 0.2) is 0 Å². The van der Waals surface area contributed by atoms with E-state index in [1.54, 1.807) is 0 Å². The Morgan fingerprint density at radius 1 is 1.23 bits per heavy atom. The Balaban J connectivity index is -0.000000605. The predicted molar refractivity (Wildman–Crippen MR) is 37.4 cm³/mol. The first-order valence-corrected chi connectivity index (χ1v) is 4.83. The summed E-state index contributed by atoms with van der Waals surface area (Å²) in [6.07, 6.45) is -5.70. The number of halogens is 3. The van der Waals surface area contributed by atoms with Crippen LogP contribution in [0.2, 0.25) is 0 Å². The van der Waals surface area contributed by atoms with Crippen LogP contribution in [0.5, 0.6) is 0 Å². The molecular weight excluding hydrogens is 204 g/mol. The van der Waals surface area contributed by atoms with E-state index in [2.05, 4.69) is 0 Å². The van der Waals surface area contributed by atoms with Gasteiger partial charge in [0.25, 0.3) is 10.1 Å². The van der Waals surface area contributed by atoms with Crippen LogP contribution in [0, 0.1) is 0 Å². The van der Waals surface area contributed by atoms with Gasteiger partial charge in [0.05, 0.1) is 5.75 Å². The van der Waals surface area contributed by atoms with E-state index >= 15 is 0 Å². The molecule has 0 saturated carbocycles. The van der Waals surface area contributed by atoms with E-state index in [1.165, 1.54) is 0 Å². The third-order valence-corrected chi connectivity index (χ3v) is 1.92. The minimum absolute atomic E-state index is 0. The van der Waals surface area contributed by atoms with Crippen molar-refractivity contribution in [1.29, 1.82) is 0 Å². The molecule has 0 rings (SSSR count). The maximum Gasteiger partial charge on any atom is 1.00 e. The summed E-state index contributed by atoms with van der Waals surface area (Å²) in [4.78, 5) is 0. The average Bonchev–Trinajstić information content (AvgIpc) is 1.76. The molecule has 3 nitrogen and oxygen atoms in total. The number of hydrogen-bond acceptors (Lipinski definition) is 2. The zero-order chi connectivity index (χ0) is 9.83. The van der Waals surface area contributed by atoms with Gasteiger partial charge < -0.3 is 1.43 Å². The van der Waals surface area contributed by atoms with Gasteiger partial charge in [-0.15, -0.1) is 0 Å². The second-order valence-electron chi connectivity index (χ2n) is 2.36.